The number of benzene rings is 2. The summed E-state index contributed by atoms with van der Waals surface area (Å²) in [6, 6.07) is 4.75. The van der Waals surface area contributed by atoms with Gasteiger partial charge in [0.2, 0.25) is 47.3 Å². The third kappa shape index (κ3) is 21.7. The Morgan fingerprint density at radius 1 is 0.679 bits per heavy atom. The second-order valence-corrected chi connectivity index (χ2v) is 18.6. The number of para-hydroxylation sites is 1. The number of H-pyrrole nitrogens is 1. The van der Waals surface area contributed by atoms with Crippen molar-refractivity contribution in [2.45, 2.75) is 126 Å². The Morgan fingerprint density at radius 2 is 1.23 bits per heavy atom. The maximum Gasteiger partial charge on any atom is 0.326 e. The minimum Gasteiger partial charge on any atom is -0.480 e. The highest BCUT2D eigenvalue weighted by Crippen LogP contribution is 2.20. The molecule has 0 radical (unpaired) electrons. The molecule has 1 saturated heterocycles. The Balaban J connectivity index is 1.79. The number of aliphatic carboxylic acids is 1. The van der Waals surface area contributed by atoms with Crippen LogP contribution in [0.1, 0.15) is 82.3 Å². The van der Waals surface area contributed by atoms with Crippen LogP contribution in [-0.4, -0.2) is 150 Å². The zero-order valence-electron chi connectivity index (χ0n) is 43.4. The maximum atomic E-state index is 14.7. The lowest BCUT2D eigenvalue weighted by Gasteiger charge is -2.28. The van der Waals surface area contributed by atoms with E-state index in [4.69, 9.17) is 28.0 Å². The molecule has 2 aromatic carbocycles. The van der Waals surface area contributed by atoms with Gasteiger partial charge in [-0.05, 0) is 75.0 Å². The number of amides is 10. The monoisotopic (exact) mass is 1090 g/mol. The van der Waals surface area contributed by atoms with E-state index in [0.717, 1.165) is 10.9 Å². The molecule has 21 N–H and O–H groups in total. The number of aromatic nitrogens is 1. The first-order chi connectivity index (χ1) is 37.2. The van der Waals surface area contributed by atoms with E-state index in [1.807, 2.05) is 0 Å². The summed E-state index contributed by atoms with van der Waals surface area (Å²) < 4.78 is 0. The van der Waals surface area contributed by atoms with E-state index in [9.17, 15) is 53.1 Å². The van der Waals surface area contributed by atoms with Gasteiger partial charge in [-0.1, -0.05) is 48.5 Å². The number of carbonyl (C=O) groups is 10. The van der Waals surface area contributed by atoms with Crippen LogP contribution in [0.2, 0.25) is 0 Å². The van der Waals surface area contributed by atoms with Crippen LogP contribution in [0.25, 0.3) is 10.9 Å². The lowest BCUT2D eigenvalue weighted by atomic mass is 10.0. The van der Waals surface area contributed by atoms with E-state index in [1.165, 1.54) is 6.92 Å². The van der Waals surface area contributed by atoms with Crippen molar-refractivity contribution in [1.82, 2.24) is 63.5 Å². The minimum absolute atomic E-state index is 0.0175. The molecule has 0 spiro atoms. The number of primary amides is 1. The lowest BCUT2D eigenvalue weighted by Crippen LogP contribution is -2.60. The zero-order chi connectivity index (χ0) is 57.1. The van der Waals surface area contributed by atoms with E-state index in [2.05, 4.69) is 63.5 Å². The molecule has 78 heavy (non-hydrogen) atoms. The number of carboxylic acid groups (broad SMARTS) is 1. The average Bonchev–Trinajstić information content (AvgIpc) is 3.80. The Hall–Kier alpha value is -8.98. The molecular weight excluding hydrogens is 1010 g/mol. The van der Waals surface area contributed by atoms with Gasteiger partial charge >= 0.3 is 12.0 Å². The van der Waals surface area contributed by atoms with Gasteiger partial charge in [-0.2, -0.15) is 0 Å². The number of nitrogens with two attached hydrogens (primary N) is 3. The van der Waals surface area contributed by atoms with Gasteiger partial charge in [0.15, 0.2) is 11.9 Å². The first-order valence-electron chi connectivity index (χ1n) is 25.6. The van der Waals surface area contributed by atoms with Crippen LogP contribution in [0, 0.1) is 10.8 Å². The number of rotatable bonds is 20. The smallest absolute Gasteiger partial charge is 0.326 e. The van der Waals surface area contributed by atoms with E-state index < -0.39 is 108 Å². The molecule has 424 valence electrons. The van der Waals surface area contributed by atoms with Crippen LogP contribution in [-0.2, 0) is 56.0 Å². The van der Waals surface area contributed by atoms with Gasteiger partial charge in [-0.15, -0.1) is 0 Å². The fraction of sp³-hybridized carbons (Fsp3) is 0.480. The van der Waals surface area contributed by atoms with Gasteiger partial charge in [0.1, 0.15) is 42.3 Å². The van der Waals surface area contributed by atoms with Crippen LogP contribution in [0.15, 0.2) is 60.8 Å². The largest absolute Gasteiger partial charge is 0.480 e. The van der Waals surface area contributed by atoms with Gasteiger partial charge in [0, 0.05) is 69.5 Å². The van der Waals surface area contributed by atoms with Crippen molar-refractivity contribution in [2.24, 2.45) is 17.2 Å². The summed E-state index contributed by atoms with van der Waals surface area (Å²) in [5, 5.41) is 54.7. The third-order valence-electron chi connectivity index (χ3n) is 12.4. The molecule has 28 heteroatoms. The van der Waals surface area contributed by atoms with Crippen molar-refractivity contribution in [3.63, 3.8) is 0 Å². The Kier molecular flexibility index (Phi) is 25.1. The molecule has 1 fully saturated rings. The summed E-state index contributed by atoms with van der Waals surface area (Å²) >= 11 is 0. The number of nitrogens with one attached hydrogen (secondary N) is 14. The molecule has 10 amide bonds. The number of fused-ring (bicyclic) bond motifs is 1. The number of urea groups is 1. The number of guanidine groups is 2. The van der Waals surface area contributed by atoms with Crippen molar-refractivity contribution in [2.75, 3.05) is 26.2 Å². The fourth-order valence-corrected chi connectivity index (χ4v) is 8.47. The number of carbonyl (C=O) groups excluding carboxylic acids is 9. The van der Waals surface area contributed by atoms with Crippen molar-refractivity contribution >= 4 is 82.1 Å². The van der Waals surface area contributed by atoms with Gasteiger partial charge in [-0.3, -0.25) is 49.2 Å². The van der Waals surface area contributed by atoms with Crippen LogP contribution < -0.4 is 75.7 Å². The predicted molar refractivity (Wildman–Crippen MR) is 286 cm³/mol. The summed E-state index contributed by atoms with van der Waals surface area (Å²) in [6.45, 7) is 1.27. The molecular formula is C50H73N17O11. The standard InChI is InChI=1S/C50H73N17O11/c1-28(68)61-33(15-7-22-57-48(51)52)41(70)64-36-19-20-40(69)56-21-10-18-37(47(76)77)65-46(75)39(26-30-27-60-32-14-6-5-13-31(30)32)67-43(72)35(16-8-23-58-49(53)54)63-45(74)38(25-29-11-3-2-4-12-29)66-42(71)34(62-44(36)73)17-9-24-59-50(55)78/h2-6,11-14,27,33-39,60H,7-10,15-26H2,1H3,(H,56,69)(H,61,68)(H,62,73)(H,63,74)(H,64,70)(H,65,75)(H,66,71)(H,67,72)(H,76,77)(H4,51,52,57)(H4,53,54,58)(H3,55,59,78)/t33-,34-,35-,36-,37?,38+,39-/m0/s1. The van der Waals surface area contributed by atoms with Crippen molar-refractivity contribution in [3.05, 3.63) is 71.9 Å². The van der Waals surface area contributed by atoms with E-state index in [-0.39, 0.29) is 109 Å². The Morgan fingerprint density at radius 3 is 1.85 bits per heavy atom. The molecule has 3 aromatic rings. The average molecular weight is 1090 g/mol. The molecule has 1 aliphatic rings. The number of carboxylic acids is 1. The fourth-order valence-electron chi connectivity index (χ4n) is 8.47. The molecule has 0 aliphatic carbocycles. The summed E-state index contributed by atoms with van der Waals surface area (Å²) in [6.07, 6.45) is 0.562. The highest BCUT2D eigenvalue weighted by atomic mass is 16.4. The Bertz CT molecular complexity index is 2600. The number of aromatic amines is 1. The molecule has 1 aromatic heterocycles. The molecule has 1 unspecified atom stereocenters. The molecule has 2 heterocycles. The van der Waals surface area contributed by atoms with Crippen molar-refractivity contribution in [3.8, 4) is 0 Å². The van der Waals surface area contributed by atoms with Gasteiger partial charge in [0.05, 0.1) is 0 Å². The molecule has 7 atom stereocenters. The van der Waals surface area contributed by atoms with Gasteiger partial charge < -0.3 is 85.8 Å². The first-order valence-corrected chi connectivity index (χ1v) is 25.6. The third-order valence-corrected chi connectivity index (χ3v) is 12.4. The normalized spacial score (nSPS) is 20.6. The topological polar surface area (TPSA) is 465 Å². The number of hydrogen-bond acceptors (Lipinski definition) is 12. The molecule has 1 aliphatic heterocycles. The molecule has 28 nitrogen and oxygen atoms in total. The quantitative estimate of drug-likeness (QED) is 0.0307. The second-order valence-electron chi connectivity index (χ2n) is 18.6. The lowest BCUT2D eigenvalue weighted by molar-refractivity contribution is -0.142. The minimum atomic E-state index is -1.54. The van der Waals surface area contributed by atoms with Crippen LogP contribution >= 0.6 is 0 Å². The molecule has 4 rings (SSSR count). The van der Waals surface area contributed by atoms with E-state index >= 15 is 0 Å². The zero-order valence-corrected chi connectivity index (χ0v) is 43.4. The van der Waals surface area contributed by atoms with Gasteiger partial charge in [-0.25, -0.2) is 9.59 Å². The maximum absolute atomic E-state index is 14.7. The summed E-state index contributed by atoms with van der Waals surface area (Å²) in [5.74, 6) is -8.63. The van der Waals surface area contributed by atoms with Crippen molar-refractivity contribution < 1.29 is 53.1 Å². The summed E-state index contributed by atoms with van der Waals surface area (Å²) in [7, 11) is 0. The van der Waals surface area contributed by atoms with E-state index in [0.29, 0.717) is 11.1 Å². The molecule has 0 saturated carbocycles. The highest BCUT2D eigenvalue weighted by Gasteiger charge is 2.35. The van der Waals surface area contributed by atoms with Crippen LogP contribution in [0.5, 0.6) is 0 Å². The van der Waals surface area contributed by atoms with Crippen molar-refractivity contribution in [1.29, 1.82) is 10.8 Å². The molecule has 0 bridgehead atoms. The predicted octanol–water partition coefficient (Wildman–Crippen LogP) is -2.88. The van der Waals surface area contributed by atoms with Crippen LogP contribution in [0.4, 0.5) is 4.79 Å². The summed E-state index contributed by atoms with van der Waals surface area (Å²) in [5.41, 5.74) is 18.0. The van der Waals surface area contributed by atoms with E-state index in [1.54, 1.807) is 60.8 Å². The number of hydrogen-bond donors (Lipinski definition) is 18. The SMILES string of the molecule is CC(=O)N[C@@H](CCCNC(=N)N)C(=O)N[C@H]1CCC(=O)NCCCC(C(=O)O)NC(=O)[C@H](Cc2c[nH]c3ccccc23)NC(=O)[C@H](CCCNC(=N)N)NC(=O)[C@@H](Cc2ccccc2)NC(=O)[C@H](CCCNC(N)=O)NC1=O. The highest BCUT2D eigenvalue weighted by molar-refractivity contribution is 5.98. The summed E-state index contributed by atoms with van der Waals surface area (Å²) in [4.78, 5) is 139. The first kappa shape index (κ1) is 61.6. The van der Waals surface area contributed by atoms with Gasteiger partial charge in [0.25, 0.3) is 0 Å². The van der Waals surface area contributed by atoms with Crippen LogP contribution in [0.3, 0.4) is 0 Å². The Labute approximate surface area is 449 Å². The second kappa shape index (κ2) is 31.8.